The number of ether oxygens (including phenoxy) is 4. The van der Waals surface area contributed by atoms with Crippen LogP contribution in [0.15, 0.2) is 76.2 Å². The molecular formula is C28H26O4S. The molecule has 2 heterocycles. The van der Waals surface area contributed by atoms with E-state index < -0.39 is 0 Å². The highest BCUT2D eigenvalue weighted by Gasteiger charge is 2.24. The minimum Gasteiger partial charge on any atom is -0.497 e. The number of methoxy groups -OCH3 is 3. The Balaban J connectivity index is 1.86. The number of hydrogen-bond acceptors (Lipinski definition) is 4. The van der Waals surface area contributed by atoms with E-state index in [9.17, 15) is 0 Å². The third-order valence-corrected chi connectivity index (χ3v) is 8.52. The third-order valence-electron chi connectivity index (χ3n) is 6.16. The Labute approximate surface area is 196 Å². The minimum atomic E-state index is -0.374. The normalized spacial score (nSPS) is 16.3. The van der Waals surface area contributed by atoms with Gasteiger partial charge in [-0.1, -0.05) is 12.1 Å². The maximum atomic E-state index is 5.95. The summed E-state index contributed by atoms with van der Waals surface area (Å²) in [5.41, 5.74) is 3.50. The van der Waals surface area contributed by atoms with Gasteiger partial charge in [-0.15, -0.1) is 10.5 Å². The summed E-state index contributed by atoms with van der Waals surface area (Å²) in [6.07, 6.45) is 4.14. The summed E-state index contributed by atoms with van der Waals surface area (Å²) >= 11 is 0. The van der Waals surface area contributed by atoms with E-state index in [2.05, 4.69) is 50.3 Å². The molecule has 0 bridgehead atoms. The molecular weight excluding hydrogens is 432 g/mol. The van der Waals surface area contributed by atoms with E-state index in [0.29, 0.717) is 0 Å². The average Bonchev–Trinajstić information content (AvgIpc) is 3.25. The van der Waals surface area contributed by atoms with Gasteiger partial charge in [-0.25, -0.2) is 0 Å². The second-order valence-electron chi connectivity index (χ2n) is 7.96. The highest BCUT2D eigenvalue weighted by molar-refractivity contribution is 8.17. The van der Waals surface area contributed by atoms with E-state index in [1.165, 1.54) is 20.6 Å². The van der Waals surface area contributed by atoms with Crippen LogP contribution in [0.3, 0.4) is 0 Å². The number of benzene rings is 3. The Hall–Kier alpha value is -3.44. The van der Waals surface area contributed by atoms with Crippen molar-refractivity contribution in [2.75, 3.05) is 21.3 Å². The minimum absolute atomic E-state index is 0.374. The predicted octanol–water partition coefficient (Wildman–Crippen LogP) is 4.88. The summed E-state index contributed by atoms with van der Waals surface area (Å²) in [7, 11) is 4.70. The molecule has 168 valence electrons. The van der Waals surface area contributed by atoms with E-state index in [4.69, 9.17) is 18.9 Å². The molecule has 5 heteroatoms. The van der Waals surface area contributed by atoms with Crippen LogP contribution in [0.2, 0.25) is 0 Å². The van der Waals surface area contributed by atoms with Gasteiger partial charge in [0.2, 0.25) is 0 Å². The zero-order valence-corrected chi connectivity index (χ0v) is 20.2. The largest absolute Gasteiger partial charge is 0.497 e. The fraction of sp³-hybridized carbons (Fsp3) is 0.179. The fourth-order valence-electron chi connectivity index (χ4n) is 4.29. The summed E-state index contributed by atoms with van der Waals surface area (Å²) < 4.78 is 22.8. The van der Waals surface area contributed by atoms with Gasteiger partial charge in [0.1, 0.15) is 23.0 Å². The van der Waals surface area contributed by atoms with E-state index in [1.54, 1.807) is 21.3 Å². The summed E-state index contributed by atoms with van der Waals surface area (Å²) in [6, 6.07) is 18.6. The molecule has 0 N–H and O–H groups in total. The maximum Gasteiger partial charge on any atom is 0.135 e. The molecule has 2 aliphatic heterocycles. The van der Waals surface area contributed by atoms with Crippen LogP contribution in [-0.2, 0) is 0 Å². The van der Waals surface area contributed by atoms with Crippen LogP contribution < -0.4 is 29.4 Å². The zero-order chi connectivity index (χ0) is 23.1. The van der Waals surface area contributed by atoms with Gasteiger partial charge in [0, 0.05) is 31.2 Å². The first-order chi connectivity index (χ1) is 16.0. The molecule has 1 atom stereocenters. The fourth-order valence-corrected chi connectivity index (χ4v) is 6.73. The molecule has 33 heavy (non-hydrogen) atoms. The molecule has 5 rings (SSSR count). The van der Waals surface area contributed by atoms with Crippen molar-refractivity contribution in [3.63, 3.8) is 0 Å². The van der Waals surface area contributed by atoms with Crippen molar-refractivity contribution in [3.8, 4) is 23.0 Å². The SMILES string of the molecule is COc1cccc(C2=S(c3ccc(OC)cc3OC)c3ccc4c(c3=C2)=C(C)C(C)=CO4)c1. The van der Waals surface area contributed by atoms with E-state index >= 15 is 0 Å². The molecule has 0 aromatic heterocycles. The summed E-state index contributed by atoms with van der Waals surface area (Å²) in [5, 5.41) is 2.37. The molecule has 2 aliphatic rings. The Bertz CT molecular complexity index is 1460. The van der Waals surface area contributed by atoms with Gasteiger partial charge in [0.05, 0.1) is 27.6 Å². The monoisotopic (exact) mass is 458 g/mol. The standard InChI is InChI=1S/C28H26O4S/c1-17-16-32-23-10-12-25-22(28(23)18(17)2)15-27(19-7-6-8-20(13-19)29-3)33(25)26-11-9-21(30-4)14-24(26)31-5/h6-16H,1-5H3. The number of rotatable bonds is 5. The highest BCUT2D eigenvalue weighted by Crippen LogP contribution is 2.46. The Morgan fingerprint density at radius 3 is 2.30 bits per heavy atom. The molecule has 0 aliphatic carbocycles. The third kappa shape index (κ3) is 3.53. The first-order valence-corrected chi connectivity index (χ1v) is 12.0. The van der Waals surface area contributed by atoms with Gasteiger partial charge in [0.15, 0.2) is 0 Å². The first kappa shape index (κ1) is 21.4. The Morgan fingerprint density at radius 1 is 0.788 bits per heavy atom. The van der Waals surface area contributed by atoms with Crippen LogP contribution >= 0.6 is 10.5 Å². The zero-order valence-electron chi connectivity index (χ0n) is 19.4. The molecule has 1 unspecified atom stereocenters. The van der Waals surface area contributed by atoms with Gasteiger partial charge < -0.3 is 18.9 Å². The molecule has 0 radical (unpaired) electrons. The Morgan fingerprint density at radius 2 is 1.55 bits per heavy atom. The summed E-state index contributed by atoms with van der Waals surface area (Å²) in [4.78, 5) is 3.60. The topological polar surface area (TPSA) is 36.9 Å². The second kappa shape index (κ2) is 8.49. The number of allylic oxidation sites excluding steroid dienone is 1. The van der Waals surface area contributed by atoms with Crippen LogP contribution in [0.5, 0.6) is 23.0 Å². The van der Waals surface area contributed by atoms with Crippen molar-refractivity contribution >= 4 is 27.0 Å². The molecule has 3 aromatic carbocycles. The first-order valence-electron chi connectivity index (χ1n) is 10.7. The lowest BCUT2D eigenvalue weighted by molar-refractivity contribution is 0.387. The van der Waals surface area contributed by atoms with Gasteiger partial charge in [-0.05, 0) is 73.0 Å². The van der Waals surface area contributed by atoms with Crippen LogP contribution in [0, 0.1) is 0 Å². The molecule has 4 nitrogen and oxygen atoms in total. The Kier molecular flexibility index (Phi) is 5.51. The quantitative estimate of drug-likeness (QED) is 0.511. The van der Waals surface area contributed by atoms with Crippen LogP contribution in [0.1, 0.15) is 19.4 Å². The molecule has 0 saturated heterocycles. The second-order valence-corrected chi connectivity index (χ2v) is 9.89. The maximum absolute atomic E-state index is 5.95. The van der Waals surface area contributed by atoms with Crippen molar-refractivity contribution in [3.05, 3.63) is 82.4 Å². The lowest BCUT2D eigenvalue weighted by Crippen LogP contribution is -2.31. The van der Waals surface area contributed by atoms with Crippen molar-refractivity contribution in [2.24, 2.45) is 0 Å². The van der Waals surface area contributed by atoms with E-state index in [1.807, 2.05) is 30.5 Å². The average molecular weight is 459 g/mol. The smallest absolute Gasteiger partial charge is 0.135 e. The summed E-state index contributed by atoms with van der Waals surface area (Å²) in [6.45, 7) is 4.25. The number of hydrogen-bond donors (Lipinski definition) is 0. The highest BCUT2D eigenvalue weighted by atomic mass is 32.2. The van der Waals surface area contributed by atoms with Crippen molar-refractivity contribution < 1.29 is 18.9 Å². The van der Waals surface area contributed by atoms with Gasteiger partial charge in [-0.3, -0.25) is 0 Å². The predicted molar refractivity (Wildman–Crippen MR) is 134 cm³/mol. The molecule has 0 saturated carbocycles. The van der Waals surface area contributed by atoms with Crippen LogP contribution in [0.25, 0.3) is 11.6 Å². The molecule has 0 fully saturated rings. The van der Waals surface area contributed by atoms with Gasteiger partial charge in [0.25, 0.3) is 0 Å². The van der Waals surface area contributed by atoms with Crippen LogP contribution in [0.4, 0.5) is 0 Å². The van der Waals surface area contributed by atoms with Crippen LogP contribution in [-0.4, -0.2) is 26.2 Å². The lowest BCUT2D eigenvalue weighted by Gasteiger charge is -2.18. The lowest BCUT2D eigenvalue weighted by atomic mass is 10.0. The summed E-state index contributed by atoms with van der Waals surface area (Å²) in [5.74, 6) is 3.31. The van der Waals surface area contributed by atoms with Gasteiger partial charge in [-0.2, -0.15) is 0 Å². The van der Waals surface area contributed by atoms with Crippen molar-refractivity contribution in [1.82, 2.24) is 0 Å². The molecule has 0 spiro atoms. The van der Waals surface area contributed by atoms with Crippen molar-refractivity contribution in [2.45, 2.75) is 23.6 Å². The van der Waals surface area contributed by atoms with E-state index in [0.717, 1.165) is 44.2 Å². The van der Waals surface area contributed by atoms with E-state index in [-0.39, 0.29) is 10.5 Å². The number of fused-ring (bicyclic) bond motifs is 3. The van der Waals surface area contributed by atoms with Crippen molar-refractivity contribution in [1.29, 1.82) is 0 Å². The van der Waals surface area contributed by atoms with Gasteiger partial charge >= 0.3 is 0 Å². The molecule has 0 amide bonds. The molecule has 3 aromatic rings.